The van der Waals surface area contributed by atoms with Gasteiger partial charge in [0.25, 0.3) is 0 Å². The molecule has 0 aliphatic carbocycles. The first kappa shape index (κ1) is 21.7. The Morgan fingerprint density at radius 1 is 1.03 bits per heavy atom. The maximum atomic E-state index is 14.9. The van der Waals surface area contributed by atoms with Crippen molar-refractivity contribution in [2.45, 2.75) is 17.6 Å². The van der Waals surface area contributed by atoms with Crippen LogP contribution in [0.4, 0.5) is 18.9 Å². The number of halogens is 4. The van der Waals surface area contributed by atoms with Gasteiger partial charge in [-0.2, -0.15) is 0 Å². The minimum absolute atomic E-state index is 0.149. The highest BCUT2D eigenvalue weighted by atomic mass is 35.5. The third kappa shape index (κ3) is 4.43. The van der Waals surface area contributed by atoms with Gasteiger partial charge >= 0.3 is 0 Å². The number of fused-ring (bicyclic) bond motifs is 1. The largest absolute Gasteiger partial charge is 0.384 e. The van der Waals surface area contributed by atoms with Crippen LogP contribution < -0.4 is 5.32 Å². The molecule has 1 aliphatic rings. The summed E-state index contributed by atoms with van der Waals surface area (Å²) in [4.78, 5) is 0. The van der Waals surface area contributed by atoms with E-state index >= 15 is 0 Å². The van der Waals surface area contributed by atoms with E-state index in [9.17, 15) is 21.6 Å². The van der Waals surface area contributed by atoms with Gasteiger partial charge in [0.05, 0.1) is 5.75 Å². The number of rotatable bonds is 5. The quantitative estimate of drug-likeness (QED) is 0.530. The average molecular weight is 466 g/mol. The molecule has 1 N–H and O–H groups in total. The molecule has 3 nitrogen and oxygen atoms in total. The standard InChI is InChI=1S/C23H19ClF3NO2S/c1-31(29,30)12-13-3-2-4-16-19(11-28-23(13)16)22(17-7-5-14(24)9-20(17)26)18-8-6-15(25)10-21(18)27/h2-10,19,22,28H,11-12H2,1H3. The molecule has 0 bridgehead atoms. The van der Waals surface area contributed by atoms with Crippen molar-refractivity contribution in [3.05, 3.63) is 99.3 Å². The summed E-state index contributed by atoms with van der Waals surface area (Å²) in [6.45, 7) is 0.333. The third-order valence-corrected chi connectivity index (χ3v) is 6.57. The maximum absolute atomic E-state index is 14.9. The van der Waals surface area contributed by atoms with Gasteiger partial charge in [0.1, 0.15) is 17.5 Å². The summed E-state index contributed by atoms with van der Waals surface area (Å²) >= 11 is 5.91. The molecule has 0 fully saturated rings. The van der Waals surface area contributed by atoms with E-state index in [0.717, 1.165) is 30.0 Å². The lowest BCUT2D eigenvalue weighted by atomic mass is 9.77. The van der Waals surface area contributed by atoms with Crippen molar-refractivity contribution in [2.24, 2.45) is 0 Å². The van der Waals surface area contributed by atoms with Crippen LogP contribution >= 0.6 is 11.6 Å². The lowest BCUT2D eigenvalue weighted by molar-refractivity contribution is 0.529. The van der Waals surface area contributed by atoms with Crippen LogP contribution in [-0.2, 0) is 15.6 Å². The van der Waals surface area contributed by atoms with Crippen molar-refractivity contribution in [2.75, 3.05) is 18.1 Å². The molecular weight excluding hydrogens is 447 g/mol. The van der Waals surface area contributed by atoms with Gasteiger partial charge in [-0.05, 0) is 40.5 Å². The van der Waals surface area contributed by atoms with Gasteiger partial charge in [0.15, 0.2) is 9.84 Å². The van der Waals surface area contributed by atoms with E-state index in [1.165, 1.54) is 18.2 Å². The Labute approximate surface area is 183 Å². The van der Waals surface area contributed by atoms with E-state index in [4.69, 9.17) is 11.6 Å². The SMILES string of the molecule is CS(=O)(=O)Cc1cccc2c1NCC2C(c1ccc(F)cc1F)c1ccc(Cl)cc1F. The highest BCUT2D eigenvalue weighted by molar-refractivity contribution is 7.89. The number of anilines is 1. The number of sulfone groups is 1. The van der Waals surface area contributed by atoms with Crippen molar-refractivity contribution < 1.29 is 21.6 Å². The first-order chi connectivity index (χ1) is 14.6. The topological polar surface area (TPSA) is 46.2 Å². The van der Waals surface area contributed by atoms with Gasteiger partial charge in [-0.1, -0.05) is 41.9 Å². The van der Waals surface area contributed by atoms with Gasteiger partial charge in [-0.25, -0.2) is 21.6 Å². The molecule has 0 saturated carbocycles. The van der Waals surface area contributed by atoms with E-state index in [1.54, 1.807) is 12.1 Å². The molecule has 162 valence electrons. The Morgan fingerprint density at radius 3 is 2.35 bits per heavy atom. The van der Waals surface area contributed by atoms with E-state index in [1.807, 2.05) is 6.07 Å². The van der Waals surface area contributed by atoms with E-state index < -0.39 is 39.1 Å². The lowest BCUT2D eigenvalue weighted by Crippen LogP contribution is -2.17. The van der Waals surface area contributed by atoms with Crippen LogP contribution in [0.15, 0.2) is 54.6 Å². The van der Waals surface area contributed by atoms with E-state index in [2.05, 4.69) is 5.32 Å². The highest BCUT2D eigenvalue weighted by Crippen LogP contribution is 2.47. The van der Waals surface area contributed by atoms with Crippen molar-refractivity contribution in [3.8, 4) is 0 Å². The second-order valence-corrected chi connectivity index (χ2v) is 10.3. The Kier molecular flexibility index (Phi) is 5.75. The number of para-hydroxylation sites is 1. The Morgan fingerprint density at radius 2 is 1.71 bits per heavy atom. The Balaban J connectivity index is 1.88. The lowest BCUT2D eigenvalue weighted by Gasteiger charge is -2.26. The molecule has 1 aliphatic heterocycles. The van der Waals surface area contributed by atoms with Crippen molar-refractivity contribution >= 4 is 27.1 Å². The molecule has 31 heavy (non-hydrogen) atoms. The smallest absolute Gasteiger partial charge is 0.151 e. The molecule has 4 rings (SSSR count). The van der Waals surface area contributed by atoms with Gasteiger partial charge in [-0.3, -0.25) is 0 Å². The molecule has 0 aromatic heterocycles. The normalized spacial score (nSPS) is 16.6. The first-order valence-corrected chi connectivity index (χ1v) is 12.0. The summed E-state index contributed by atoms with van der Waals surface area (Å²) in [7, 11) is -3.28. The zero-order valence-electron chi connectivity index (χ0n) is 16.5. The van der Waals surface area contributed by atoms with Crippen molar-refractivity contribution in [1.29, 1.82) is 0 Å². The third-order valence-electron chi connectivity index (χ3n) is 5.50. The molecule has 1 heterocycles. The molecule has 0 spiro atoms. The first-order valence-electron chi connectivity index (χ1n) is 9.57. The Bertz CT molecular complexity index is 1210. The highest BCUT2D eigenvalue weighted by Gasteiger charge is 2.36. The molecule has 3 aromatic rings. The number of hydrogen-bond acceptors (Lipinski definition) is 3. The van der Waals surface area contributed by atoms with Crippen LogP contribution in [0.5, 0.6) is 0 Å². The monoisotopic (exact) mass is 465 g/mol. The second-order valence-electron chi connectivity index (χ2n) is 7.75. The number of benzene rings is 3. The fraction of sp³-hybridized carbons (Fsp3) is 0.217. The summed E-state index contributed by atoms with van der Waals surface area (Å²) in [5.74, 6) is -3.44. The summed E-state index contributed by atoms with van der Waals surface area (Å²) in [5, 5.41) is 3.42. The molecule has 0 radical (unpaired) electrons. The van der Waals surface area contributed by atoms with Gasteiger partial charge < -0.3 is 5.32 Å². The van der Waals surface area contributed by atoms with Crippen LogP contribution in [0.1, 0.15) is 34.1 Å². The van der Waals surface area contributed by atoms with Crippen molar-refractivity contribution in [3.63, 3.8) is 0 Å². The summed E-state index contributed by atoms with van der Waals surface area (Å²) in [6, 6.07) is 12.7. The summed E-state index contributed by atoms with van der Waals surface area (Å²) in [6.07, 6.45) is 1.15. The molecule has 2 unspecified atom stereocenters. The van der Waals surface area contributed by atoms with Gasteiger partial charge in [0.2, 0.25) is 0 Å². The summed E-state index contributed by atoms with van der Waals surface area (Å²) < 4.78 is 67.0. The predicted molar refractivity (Wildman–Crippen MR) is 116 cm³/mol. The molecule has 0 amide bonds. The zero-order valence-corrected chi connectivity index (χ0v) is 18.1. The maximum Gasteiger partial charge on any atom is 0.151 e. The average Bonchev–Trinajstić information content (AvgIpc) is 3.09. The van der Waals surface area contributed by atoms with E-state index in [-0.39, 0.29) is 21.9 Å². The van der Waals surface area contributed by atoms with Crippen LogP contribution in [-0.4, -0.2) is 21.2 Å². The number of nitrogens with one attached hydrogen (secondary N) is 1. The van der Waals surface area contributed by atoms with Crippen LogP contribution in [0.25, 0.3) is 0 Å². The zero-order chi connectivity index (χ0) is 22.3. The molecular formula is C23H19ClF3NO2S. The van der Waals surface area contributed by atoms with Crippen molar-refractivity contribution in [1.82, 2.24) is 0 Å². The minimum Gasteiger partial charge on any atom is -0.384 e. The second kappa shape index (κ2) is 8.20. The molecule has 2 atom stereocenters. The minimum atomic E-state index is -3.28. The van der Waals surface area contributed by atoms with Crippen LogP contribution in [0.2, 0.25) is 5.02 Å². The Hall–Kier alpha value is -2.51. The van der Waals surface area contributed by atoms with Gasteiger partial charge in [-0.15, -0.1) is 0 Å². The molecule has 8 heteroatoms. The fourth-order valence-electron chi connectivity index (χ4n) is 4.28. The summed E-state index contributed by atoms with van der Waals surface area (Å²) in [5.41, 5.74) is 2.38. The fourth-order valence-corrected chi connectivity index (χ4v) is 5.24. The molecule has 0 saturated heterocycles. The number of hydrogen-bond donors (Lipinski definition) is 1. The van der Waals surface area contributed by atoms with Crippen LogP contribution in [0.3, 0.4) is 0 Å². The van der Waals surface area contributed by atoms with E-state index in [0.29, 0.717) is 17.8 Å². The van der Waals surface area contributed by atoms with Gasteiger partial charge in [0, 0.05) is 41.4 Å². The predicted octanol–water partition coefficient (Wildman–Crippen LogP) is 5.64. The molecule has 3 aromatic carbocycles. The van der Waals surface area contributed by atoms with Crippen LogP contribution in [0, 0.1) is 17.5 Å².